The Morgan fingerprint density at radius 1 is 1.14 bits per heavy atom. The Morgan fingerprint density at radius 3 is 2.48 bits per heavy atom. The van der Waals surface area contributed by atoms with Crippen molar-refractivity contribution in [2.45, 2.75) is 24.7 Å². The van der Waals surface area contributed by atoms with E-state index in [0.717, 1.165) is 10.5 Å². The molecule has 110 valence electrons. The van der Waals surface area contributed by atoms with E-state index in [9.17, 15) is 4.79 Å². The van der Waals surface area contributed by atoms with Crippen molar-refractivity contribution in [1.82, 2.24) is 0 Å². The first-order valence-corrected chi connectivity index (χ1v) is 8.29. The topological polar surface area (TPSA) is 26.3 Å². The minimum absolute atomic E-state index is 0.166. The molecule has 3 heteroatoms. The first kappa shape index (κ1) is 15.6. The fourth-order valence-electron chi connectivity index (χ4n) is 2.27. The molecule has 0 aliphatic rings. The summed E-state index contributed by atoms with van der Waals surface area (Å²) in [4.78, 5) is 13.1. The maximum Gasteiger partial charge on any atom is 0.313 e. The fourth-order valence-corrected chi connectivity index (χ4v) is 3.00. The van der Waals surface area contributed by atoms with Gasteiger partial charge < -0.3 is 4.74 Å². The van der Waals surface area contributed by atoms with Gasteiger partial charge in [0.1, 0.15) is 0 Å². The van der Waals surface area contributed by atoms with Gasteiger partial charge in [-0.1, -0.05) is 42.5 Å². The number of carbonyl (C=O) groups is 1. The van der Waals surface area contributed by atoms with Crippen LogP contribution in [0.4, 0.5) is 0 Å². The fraction of sp³-hybridized carbons (Fsp3) is 0.278. The average molecular weight is 300 g/mol. The van der Waals surface area contributed by atoms with E-state index < -0.39 is 0 Å². The van der Waals surface area contributed by atoms with Crippen molar-refractivity contribution in [2.24, 2.45) is 0 Å². The maximum absolute atomic E-state index is 11.9. The minimum atomic E-state index is -0.239. The van der Waals surface area contributed by atoms with Crippen LogP contribution in [-0.2, 0) is 9.53 Å². The van der Waals surface area contributed by atoms with Crippen LogP contribution in [0.15, 0.2) is 53.4 Å². The normalized spacial score (nSPS) is 12.0. The summed E-state index contributed by atoms with van der Waals surface area (Å²) in [7, 11) is 0. The number of rotatable bonds is 5. The number of hydrogen-bond donors (Lipinski definition) is 0. The standard InChI is InChI=1S/C18H20O2S/c1-4-20-18(19)13(2)16-11-10-15(12-17(16)21-3)14-8-6-5-7-9-14/h5-13H,4H2,1-3H3. The smallest absolute Gasteiger partial charge is 0.313 e. The van der Waals surface area contributed by atoms with Gasteiger partial charge in [0.2, 0.25) is 0 Å². The number of esters is 1. The summed E-state index contributed by atoms with van der Waals surface area (Å²) in [6, 6.07) is 16.5. The van der Waals surface area contributed by atoms with E-state index in [0.29, 0.717) is 6.61 Å². The van der Waals surface area contributed by atoms with E-state index in [1.54, 1.807) is 11.8 Å². The third kappa shape index (κ3) is 3.67. The molecule has 0 aliphatic carbocycles. The second-order valence-electron chi connectivity index (χ2n) is 4.80. The van der Waals surface area contributed by atoms with Crippen LogP contribution in [0.5, 0.6) is 0 Å². The first-order valence-electron chi connectivity index (χ1n) is 7.07. The molecule has 0 fully saturated rings. The van der Waals surface area contributed by atoms with Gasteiger partial charge in [0.25, 0.3) is 0 Å². The van der Waals surface area contributed by atoms with E-state index in [4.69, 9.17) is 4.74 Å². The summed E-state index contributed by atoms with van der Waals surface area (Å²) in [5.41, 5.74) is 3.38. The minimum Gasteiger partial charge on any atom is -0.466 e. The highest BCUT2D eigenvalue weighted by Gasteiger charge is 2.19. The van der Waals surface area contributed by atoms with Crippen LogP contribution in [0.1, 0.15) is 25.3 Å². The molecule has 2 nitrogen and oxygen atoms in total. The number of benzene rings is 2. The average Bonchev–Trinajstić information content (AvgIpc) is 2.54. The molecule has 0 spiro atoms. The Balaban J connectivity index is 2.35. The van der Waals surface area contributed by atoms with Crippen molar-refractivity contribution in [2.75, 3.05) is 12.9 Å². The zero-order valence-corrected chi connectivity index (χ0v) is 13.4. The van der Waals surface area contributed by atoms with Gasteiger partial charge in [-0.25, -0.2) is 0 Å². The van der Waals surface area contributed by atoms with Crippen LogP contribution >= 0.6 is 11.8 Å². The SMILES string of the molecule is CCOC(=O)C(C)c1ccc(-c2ccccc2)cc1SC. The number of carbonyl (C=O) groups excluding carboxylic acids is 1. The molecule has 1 atom stereocenters. The summed E-state index contributed by atoms with van der Waals surface area (Å²) in [6.07, 6.45) is 2.03. The van der Waals surface area contributed by atoms with Crippen molar-refractivity contribution < 1.29 is 9.53 Å². The molecule has 0 aromatic heterocycles. The molecule has 0 aliphatic heterocycles. The molecule has 2 aromatic carbocycles. The highest BCUT2D eigenvalue weighted by molar-refractivity contribution is 7.98. The zero-order chi connectivity index (χ0) is 15.2. The Morgan fingerprint density at radius 2 is 1.86 bits per heavy atom. The molecule has 0 heterocycles. The van der Waals surface area contributed by atoms with Gasteiger partial charge in [-0.15, -0.1) is 11.8 Å². The lowest BCUT2D eigenvalue weighted by Crippen LogP contribution is -2.13. The summed E-state index contributed by atoms with van der Waals surface area (Å²) < 4.78 is 5.12. The van der Waals surface area contributed by atoms with Crippen LogP contribution in [0.2, 0.25) is 0 Å². The molecule has 1 unspecified atom stereocenters. The molecule has 0 saturated carbocycles. The Hall–Kier alpha value is -1.74. The van der Waals surface area contributed by atoms with E-state index in [2.05, 4.69) is 24.3 Å². The molecule has 0 saturated heterocycles. The van der Waals surface area contributed by atoms with Crippen LogP contribution in [0.3, 0.4) is 0 Å². The monoisotopic (exact) mass is 300 g/mol. The lowest BCUT2D eigenvalue weighted by Gasteiger charge is -2.15. The largest absolute Gasteiger partial charge is 0.466 e. The van der Waals surface area contributed by atoms with Crippen molar-refractivity contribution >= 4 is 17.7 Å². The van der Waals surface area contributed by atoms with Gasteiger partial charge >= 0.3 is 5.97 Å². The molecule has 2 rings (SSSR count). The van der Waals surface area contributed by atoms with Gasteiger partial charge in [0.05, 0.1) is 12.5 Å². The summed E-state index contributed by atoms with van der Waals surface area (Å²) in [6.45, 7) is 4.15. The van der Waals surface area contributed by atoms with Crippen LogP contribution in [0.25, 0.3) is 11.1 Å². The summed E-state index contributed by atoms with van der Waals surface area (Å²) in [5, 5.41) is 0. The zero-order valence-electron chi connectivity index (χ0n) is 12.6. The van der Waals surface area contributed by atoms with Gasteiger partial charge in [0.15, 0.2) is 0 Å². The Labute approximate surface area is 130 Å². The molecular weight excluding hydrogens is 280 g/mol. The first-order chi connectivity index (χ1) is 10.2. The van der Waals surface area contributed by atoms with Gasteiger partial charge in [-0.2, -0.15) is 0 Å². The second-order valence-corrected chi connectivity index (χ2v) is 5.64. The third-order valence-electron chi connectivity index (χ3n) is 3.45. The quantitative estimate of drug-likeness (QED) is 0.589. The Kier molecular flexibility index (Phi) is 5.45. The van der Waals surface area contributed by atoms with Crippen molar-refractivity contribution in [1.29, 1.82) is 0 Å². The summed E-state index contributed by atoms with van der Waals surface area (Å²) >= 11 is 1.66. The second kappa shape index (κ2) is 7.32. The summed E-state index contributed by atoms with van der Waals surface area (Å²) in [5.74, 6) is -0.405. The van der Waals surface area contributed by atoms with Gasteiger partial charge in [0, 0.05) is 4.90 Å². The predicted molar refractivity (Wildman–Crippen MR) is 88.7 cm³/mol. The van der Waals surface area contributed by atoms with E-state index in [-0.39, 0.29) is 11.9 Å². The predicted octanol–water partition coefficient (Wildman–Crippen LogP) is 4.74. The molecule has 0 radical (unpaired) electrons. The van der Waals surface area contributed by atoms with Gasteiger partial charge in [-0.05, 0) is 42.9 Å². The lowest BCUT2D eigenvalue weighted by molar-refractivity contribution is -0.144. The molecule has 2 aromatic rings. The molecule has 21 heavy (non-hydrogen) atoms. The number of hydrogen-bond acceptors (Lipinski definition) is 3. The highest BCUT2D eigenvalue weighted by atomic mass is 32.2. The highest BCUT2D eigenvalue weighted by Crippen LogP contribution is 2.32. The molecule has 0 bridgehead atoms. The van der Waals surface area contributed by atoms with E-state index >= 15 is 0 Å². The Bertz CT molecular complexity index is 608. The molecule has 0 N–H and O–H groups in total. The van der Waals surface area contributed by atoms with Crippen molar-refractivity contribution in [3.05, 3.63) is 54.1 Å². The van der Waals surface area contributed by atoms with Gasteiger partial charge in [-0.3, -0.25) is 4.79 Å². The van der Waals surface area contributed by atoms with Crippen molar-refractivity contribution in [3.63, 3.8) is 0 Å². The lowest BCUT2D eigenvalue weighted by atomic mass is 9.97. The number of ether oxygens (including phenoxy) is 1. The third-order valence-corrected chi connectivity index (χ3v) is 4.24. The van der Waals surface area contributed by atoms with Crippen LogP contribution in [0, 0.1) is 0 Å². The van der Waals surface area contributed by atoms with Crippen LogP contribution < -0.4 is 0 Å². The maximum atomic E-state index is 11.9. The van der Waals surface area contributed by atoms with E-state index in [1.807, 2.05) is 44.4 Å². The molecule has 0 amide bonds. The van der Waals surface area contributed by atoms with Crippen molar-refractivity contribution in [3.8, 4) is 11.1 Å². The number of thioether (sulfide) groups is 1. The van der Waals surface area contributed by atoms with Crippen LogP contribution in [-0.4, -0.2) is 18.8 Å². The molecular formula is C18H20O2S. The van der Waals surface area contributed by atoms with E-state index in [1.165, 1.54) is 11.1 Å².